The Hall–Kier alpha value is -2.32. The molecule has 1 aliphatic rings. The molecule has 32 heavy (non-hydrogen) atoms. The predicted molar refractivity (Wildman–Crippen MR) is 131 cm³/mol. The number of aliphatic imine (C=N–C) groups is 1. The largest absolute Gasteiger partial charge is 0.416 e. The van der Waals surface area contributed by atoms with Crippen LogP contribution >= 0.6 is 24.0 Å². The normalized spacial score (nSPS) is 15.3. The topological polar surface area (TPSA) is 52.6 Å². The highest BCUT2D eigenvalue weighted by atomic mass is 127. The number of aromatic nitrogens is 1. The lowest BCUT2D eigenvalue weighted by molar-refractivity contribution is -0.137. The predicted octanol–water partition coefficient (Wildman–Crippen LogP) is 3.90. The summed E-state index contributed by atoms with van der Waals surface area (Å²) in [4.78, 5) is 11.0. The lowest BCUT2D eigenvalue weighted by Crippen LogP contribution is -2.48. The average Bonchev–Trinajstić information content (AvgIpc) is 2.77. The number of piperidine rings is 1. The maximum atomic E-state index is 12.8. The van der Waals surface area contributed by atoms with Crippen molar-refractivity contribution in [3.63, 3.8) is 0 Å². The number of rotatable bonds is 4. The van der Waals surface area contributed by atoms with Crippen LogP contribution in [0, 0.1) is 11.8 Å². The molecule has 9 heteroatoms. The van der Waals surface area contributed by atoms with Crippen LogP contribution in [-0.2, 0) is 12.7 Å². The molecule has 0 spiro atoms. The van der Waals surface area contributed by atoms with Crippen molar-refractivity contribution in [3.05, 3.63) is 65.5 Å². The van der Waals surface area contributed by atoms with E-state index in [1.807, 2.05) is 24.4 Å². The molecular formula is C23H27F3IN5. The van der Waals surface area contributed by atoms with Crippen molar-refractivity contribution in [3.8, 4) is 11.8 Å². The number of guanidine groups is 1. The second-order valence-corrected chi connectivity index (χ2v) is 7.32. The van der Waals surface area contributed by atoms with E-state index in [4.69, 9.17) is 0 Å². The summed E-state index contributed by atoms with van der Waals surface area (Å²) < 4.78 is 38.3. The van der Waals surface area contributed by atoms with Crippen molar-refractivity contribution in [1.82, 2.24) is 20.5 Å². The molecule has 0 unspecified atom stereocenters. The highest BCUT2D eigenvalue weighted by Crippen LogP contribution is 2.29. The Bertz CT molecular complexity index is 930. The zero-order valence-corrected chi connectivity index (χ0v) is 20.2. The van der Waals surface area contributed by atoms with Crippen LogP contribution in [0.5, 0.6) is 0 Å². The number of nitrogens with zero attached hydrogens (tertiary/aromatic N) is 3. The van der Waals surface area contributed by atoms with Gasteiger partial charge >= 0.3 is 6.18 Å². The quantitative estimate of drug-likeness (QED) is 0.259. The smallest absolute Gasteiger partial charge is 0.354 e. The summed E-state index contributed by atoms with van der Waals surface area (Å²) in [5, 5.41) is 6.50. The number of likely N-dealkylation sites (tertiary alicyclic amines) is 1. The molecule has 2 heterocycles. The molecule has 2 aromatic rings. The summed E-state index contributed by atoms with van der Waals surface area (Å²) in [6, 6.07) is 11.3. The fourth-order valence-corrected chi connectivity index (χ4v) is 3.39. The molecule has 3 rings (SSSR count). The number of pyridine rings is 1. The molecule has 5 nitrogen and oxygen atoms in total. The van der Waals surface area contributed by atoms with Crippen LogP contribution in [0.3, 0.4) is 0 Å². The fourth-order valence-electron chi connectivity index (χ4n) is 3.39. The number of hydrogen-bond acceptors (Lipinski definition) is 3. The average molecular weight is 557 g/mol. The van der Waals surface area contributed by atoms with Crippen LogP contribution in [0.25, 0.3) is 0 Å². The molecule has 2 N–H and O–H groups in total. The summed E-state index contributed by atoms with van der Waals surface area (Å²) in [5.41, 5.74) is 0.713. The van der Waals surface area contributed by atoms with Crippen LogP contribution in [0.2, 0.25) is 0 Å². The van der Waals surface area contributed by atoms with Crippen molar-refractivity contribution in [1.29, 1.82) is 0 Å². The van der Waals surface area contributed by atoms with Gasteiger partial charge in [-0.3, -0.25) is 14.9 Å². The van der Waals surface area contributed by atoms with E-state index in [9.17, 15) is 13.2 Å². The first kappa shape index (κ1) is 25.9. The van der Waals surface area contributed by atoms with Crippen molar-refractivity contribution in [2.24, 2.45) is 4.99 Å². The molecule has 0 atom stereocenters. The Morgan fingerprint density at radius 3 is 2.62 bits per heavy atom. The summed E-state index contributed by atoms with van der Waals surface area (Å²) in [5.74, 6) is 6.25. The Balaban J connectivity index is 0.00000363. The number of hydrogen-bond donors (Lipinski definition) is 2. The second kappa shape index (κ2) is 12.6. The SMILES string of the molecule is CN=C(NCC#Cc1cccc(C(F)(F)F)c1)NC1CCN(Cc2ccccn2)CC1.I. The number of benzene rings is 1. The van der Waals surface area contributed by atoms with Crippen molar-refractivity contribution in [2.75, 3.05) is 26.7 Å². The van der Waals surface area contributed by atoms with Gasteiger partial charge in [-0.25, -0.2) is 0 Å². The van der Waals surface area contributed by atoms with Gasteiger partial charge in [0, 0.05) is 44.5 Å². The zero-order chi connectivity index (χ0) is 22.1. The molecule has 0 amide bonds. The van der Waals surface area contributed by atoms with E-state index in [1.165, 1.54) is 6.07 Å². The molecule has 1 aromatic heterocycles. The van der Waals surface area contributed by atoms with Crippen LogP contribution in [0.4, 0.5) is 13.2 Å². The first-order valence-electron chi connectivity index (χ1n) is 10.2. The zero-order valence-electron chi connectivity index (χ0n) is 17.8. The van der Waals surface area contributed by atoms with Gasteiger partial charge < -0.3 is 10.6 Å². The number of alkyl halides is 3. The molecule has 1 fully saturated rings. The lowest BCUT2D eigenvalue weighted by atomic mass is 10.0. The molecule has 0 bridgehead atoms. The maximum Gasteiger partial charge on any atom is 0.416 e. The summed E-state index contributed by atoms with van der Waals surface area (Å²) in [6.45, 7) is 3.08. The first-order valence-corrected chi connectivity index (χ1v) is 10.2. The Kier molecular flexibility index (Phi) is 10.3. The highest BCUT2D eigenvalue weighted by molar-refractivity contribution is 14.0. The summed E-state index contributed by atoms with van der Waals surface area (Å²) in [6.07, 6.45) is -0.572. The van der Waals surface area contributed by atoms with Gasteiger partial charge in [0.05, 0.1) is 17.8 Å². The van der Waals surface area contributed by atoms with E-state index in [-0.39, 0.29) is 30.5 Å². The minimum absolute atomic E-state index is 0. The third-order valence-corrected chi connectivity index (χ3v) is 5.03. The van der Waals surface area contributed by atoms with E-state index in [2.05, 4.69) is 37.4 Å². The van der Waals surface area contributed by atoms with Gasteiger partial charge in [0.2, 0.25) is 0 Å². The van der Waals surface area contributed by atoms with E-state index < -0.39 is 11.7 Å². The first-order chi connectivity index (χ1) is 14.9. The van der Waals surface area contributed by atoms with Crippen LogP contribution < -0.4 is 10.6 Å². The van der Waals surface area contributed by atoms with Crippen molar-refractivity contribution < 1.29 is 13.2 Å². The highest BCUT2D eigenvalue weighted by Gasteiger charge is 2.30. The van der Waals surface area contributed by atoms with Crippen LogP contribution in [0.15, 0.2) is 53.7 Å². The van der Waals surface area contributed by atoms with Gasteiger partial charge in [0.25, 0.3) is 0 Å². The minimum Gasteiger partial charge on any atom is -0.354 e. The van der Waals surface area contributed by atoms with Crippen LogP contribution in [-0.4, -0.2) is 48.6 Å². The third-order valence-electron chi connectivity index (χ3n) is 5.03. The van der Waals surface area contributed by atoms with Gasteiger partial charge in [-0.15, -0.1) is 24.0 Å². The standard InChI is InChI=1S/C23H26F3N5.HI/c1-27-22(29-13-5-7-18-6-4-8-19(16-18)23(24,25)26)30-20-10-14-31(15-11-20)17-21-9-2-3-12-28-21;/h2-4,6,8-9,12,16,20H,10-11,13-15,17H2,1H3,(H2,27,29,30);1H. The Labute approximate surface area is 203 Å². The molecule has 1 saturated heterocycles. The maximum absolute atomic E-state index is 12.8. The molecule has 1 aromatic carbocycles. The molecule has 1 aliphatic heterocycles. The van der Waals surface area contributed by atoms with E-state index in [1.54, 1.807) is 13.1 Å². The van der Waals surface area contributed by atoms with E-state index in [0.717, 1.165) is 50.3 Å². The minimum atomic E-state index is -4.37. The summed E-state index contributed by atoms with van der Waals surface area (Å²) >= 11 is 0. The van der Waals surface area contributed by atoms with Crippen molar-refractivity contribution >= 4 is 29.9 Å². The van der Waals surface area contributed by atoms with Gasteiger partial charge in [-0.05, 0) is 43.2 Å². The fraction of sp³-hybridized carbons (Fsp3) is 0.391. The second-order valence-electron chi connectivity index (χ2n) is 7.32. The molecule has 0 saturated carbocycles. The number of nitrogens with one attached hydrogen (secondary N) is 2. The summed E-state index contributed by atoms with van der Waals surface area (Å²) in [7, 11) is 1.69. The van der Waals surface area contributed by atoms with Gasteiger partial charge in [-0.2, -0.15) is 13.2 Å². The third kappa shape index (κ3) is 8.31. The Morgan fingerprint density at radius 1 is 1.19 bits per heavy atom. The molecule has 0 radical (unpaired) electrons. The van der Waals surface area contributed by atoms with Crippen LogP contribution in [0.1, 0.15) is 29.7 Å². The van der Waals surface area contributed by atoms with Gasteiger partial charge in [0.15, 0.2) is 5.96 Å². The molecule has 172 valence electrons. The van der Waals surface area contributed by atoms with E-state index in [0.29, 0.717) is 17.6 Å². The van der Waals surface area contributed by atoms with Gasteiger partial charge in [0.1, 0.15) is 0 Å². The van der Waals surface area contributed by atoms with Gasteiger partial charge in [-0.1, -0.05) is 24.0 Å². The Morgan fingerprint density at radius 2 is 1.97 bits per heavy atom. The monoisotopic (exact) mass is 557 g/mol. The number of halogens is 4. The molecular weight excluding hydrogens is 530 g/mol. The van der Waals surface area contributed by atoms with E-state index >= 15 is 0 Å². The molecule has 0 aliphatic carbocycles. The lowest BCUT2D eigenvalue weighted by Gasteiger charge is -2.32. The van der Waals surface area contributed by atoms with Crippen molar-refractivity contribution in [2.45, 2.75) is 31.6 Å².